The van der Waals surface area contributed by atoms with Gasteiger partial charge in [0.05, 0.1) is 0 Å². The maximum absolute atomic E-state index is 6.23. The van der Waals surface area contributed by atoms with Crippen LogP contribution >= 0.6 is 15.9 Å². The van der Waals surface area contributed by atoms with E-state index in [9.17, 15) is 0 Å². The maximum Gasteiger partial charge on any atom is 0.0207 e. The second-order valence-electron chi connectivity index (χ2n) is 5.28. The van der Waals surface area contributed by atoms with Gasteiger partial charge in [-0.2, -0.15) is 0 Å². The van der Waals surface area contributed by atoms with Crippen molar-refractivity contribution in [2.75, 3.05) is 0 Å². The van der Waals surface area contributed by atoms with Gasteiger partial charge in [0.25, 0.3) is 0 Å². The Morgan fingerprint density at radius 2 is 1.94 bits per heavy atom. The van der Waals surface area contributed by atoms with Crippen LogP contribution in [0.15, 0.2) is 28.7 Å². The molecule has 1 saturated carbocycles. The average molecular weight is 296 g/mol. The SMILES string of the molecule is NC(CCC1CCCC1)Cc1ccccc1Br. The highest BCUT2D eigenvalue weighted by Crippen LogP contribution is 2.29. The first-order chi connectivity index (χ1) is 8.25. The Morgan fingerprint density at radius 3 is 2.65 bits per heavy atom. The van der Waals surface area contributed by atoms with Gasteiger partial charge in [0.1, 0.15) is 0 Å². The van der Waals surface area contributed by atoms with Gasteiger partial charge >= 0.3 is 0 Å². The van der Waals surface area contributed by atoms with Gasteiger partial charge in [-0.25, -0.2) is 0 Å². The Bertz CT molecular complexity index is 345. The van der Waals surface area contributed by atoms with Crippen molar-refractivity contribution in [3.8, 4) is 0 Å². The lowest BCUT2D eigenvalue weighted by atomic mass is 9.95. The minimum atomic E-state index is 0.314. The fourth-order valence-electron chi connectivity index (χ4n) is 2.80. The molecule has 17 heavy (non-hydrogen) atoms. The molecule has 0 bridgehead atoms. The van der Waals surface area contributed by atoms with Crippen LogP contribution in [0.2, 0.25) is 0 Å². The van der Waals surface area contributed by atoms with Crippen LogP contribution in [0, 0.1) is 5.92 Å². The quantitative estimate of drug-likeness (QED) is 0.862. The molecular weight excluding hydrogens is 274 g/mol. The second kappa shape index (κ2) is 6.55. The smallest absolute Gasteiger partial charge is 0.0207 e. The lowest BCUT2D eigenvalue weighted by Crippen LogP contribution is -2.23. The molecule has 0 aromatic heterocycles. The summed E-state index contributed by atoms with van der Waals surface area (Å²) in [5, 5.41) is 0. The molecule has 1 unspecified atom stereocenters. The molecule has 2 N–H and O–H groups in total. The normalized spacial score (nSPS) is 18.5. The Hall–Kier alpha value is -0.340. The molecule has 1 aliphatic carbocycles. The largest absolute Gasteiger partial charge is 0.327 e. The summed E-state index contributed by atoms with van der Waals surface area (Å²) in [4.78, 5) is 0. The van der Waals surface area contributed by atoms with Crippen molar-refractivity contribution in [2.45, 2.75) is 51.0 Å². The van der Waals surface area contributed by atoms with Crippen LogP contribution in [0.4, 0.5) is 0 Å². The van der Waals surface area contributed by atoms with Crippen LogP contribution in [0.3, 0.4) is 0 Å². The molecule has 0 aliphatic heterocycles. The molecule has 1 aromatic carbocycles. The van der Waals surface area contributed by atoms with Crippen molar-refractivity contribution in [2.24, 2.45) is 11.7 Å². The lowest BCUT2D eigenvalue weighted by Gasteiger charge is -2.15. The predicted molar refractivity (Wildman–Crippen MR) is 77.0 cm³/mol. The number of nitrogens with two attached hydrogens (primary N) is 1. The molecule has 0 heterocycles. The van der Waals surface area contributed by atoms with E-state index in [0.717, 1.165) is 12.3 Å². The summed E-state index contributed by atoms with van der Waals surface area (Å²) in [5.74, 6) is 0.959. The summed E-state index contributed by atoms with van der Waals surface area (Å²) in [6, 6.07) is 8.72. The summed E-state index contributed by atoms with van der Waals surface area (Å²) in [6.07, 6.45) is 9.23. The third-order valence-corrected chi connectivity index (χ3v) is 4.63. The standard InChI is InChI=1S/C15H22BrN/c16-15-8-4-3-7-13(15)11-14(17)10-9-12-5-1-2-6-12/h3-4,7-8,12,14H,1-2,5-6,9-11,17H2. The molecule has 0 amide bonds. The van der Waals surface area contributed by atoms with Crippen LogP contribution in [0.1, 0.15) is 44.1 Å². The van der Waals surface area contributed by atoms with Crippen molar-refractivity contribution >= 4 is 15.9 Å². The van der Waals surface area contributed by atoms with Crippen molar-refractivity contribution in [3.05, 3.63) is 34.3 Å². The average Bonchev–Trinajstić information content (AvgIpc) is 2.82. The van der Waals surface area contributed by atoms with Crippen LogP contribution in [-0.2, 0) is 6.42 Å². The van der Waals surface area contributed by atoms with E-state index in [2.05, 4.69) is 40.2 Å². The number of halogens is 1. The predicted octanol–water partition coefficient (Wildman–Crippen LogP) is 4.29. The van der Waals surface area contributed by atoms with E-state index in [4.69, 9.17) is 5.73 Å². The first-order valence-electron chi connectivity index (χ1n) is 6.74. The Kier molecular flexibility index (Phi) is 5.05. The van der Waals surface area contributed by atoms with Gasteiger partial charge in [0.15, 0.2) is 0 Å². The highest BCUT2D eigenvalue weighted by atomic mass is 79.9. The summed E-state index contributed by atoms with van der Waals surface area (Å²) in [6.45, 7) is 0. The monoisotopic (exact) mass is 295 g/mol. The zero-order valence-corrected chi connectivity index (χ0v) is 12.0. The zero-order chi connectivity index (χ0) is 12.1. The number of hydrogen-bond acceptors (Lipinski definition) is 1. The molecule has 1 aliphatic rings. The second-order valence-corrected chi connectivity index (χ2v) is 6.14. The van der Waals surface area contributed by atoms with Gasteiger partial charge in [0.2, 0.25) is 0 Å². The maximum atomic E-state index is 6.23. The third-order valence-electron chi connectivity index (χ3n) is 3.86. The van der Waals surface area contributed by atoms with Gasteiger partial charge in [-0.05, 0) is 36.8 Å². The molecule has 94 valence electrons. The molecule has 2 heteroatoms. The van der Waals surface area contributed by atoms with Crippen LogP contribution in [0.5, 0.6) is 0 Å². The third kappa shape index (κ3) is 4.11. The summed E-state index contributed by atoms with van der Waals surface area (Å²) in [5.41, 5.74) is 7.57. The van der Waals surface area contributed by atoms with E-state index < -0.39 is 0 Å². The number of benzene rings is 1. The molecule has 2 rings (SSSR count). The lowest BCUT2D eigenvalue weighted by molar-refractivity contribution is 0.447. The van der Waals surface area contributed by atoms with Crippen LogP contribution in [0.25, 0.3) is 0 Å². The van der Waals surface area contributed by atoms with Crippen molar-refractivity contribution in [1.29, 1.82) is 0 Å². The minimum absolute atomic E-state index is 0.314. The van der Waals surface area contributed by atoms with E-state index in [0.29, 0.717) is 6.04 Å². The summed E-state index contributed by atoms with van der Waals surface area (Å²) in [7, 11) is 0. The first kappa shape index (κ1) is 13.1. The minimum Gasteiger partial charge on any atom is -0.327 e. The van der Waals surface area contributed by atoms with Crippen molar-refractivity contribution < 1.29 is 0 Å². The van der Waals surface area contributed by atoms with Gasteiger partial charge < -0.3 is 5.73 Å². The van der Waals surface area contributed by atoms with E-state index in [1.165, 1.54) is 48.6 Å². The number of rotatable bonds is 5. The number of hydrogen-bond donors (Lipinski definition) is 1. The van der Waals surface area contributed by atoms with E-state index in [1.54, 1.807) is 0 Å². The van der Waals surface area contributed by atoms with Gasteiger partial charge in [0, 0.05) is 10.5 Å². The fraction of sp³-hybridized carbons (Fsp3) is 0.600. The van der Waals surface area contributed by atoms with Gasteiger partial charge in [-0.3, -0.25) is 0 Å². The molecule has 0 spiro atoms. The topological polar surface area (TPSA) is 26.0 Å². The molecule has 1 aromatic rings. The highest BCUT2D eigenvalue weighted by Gasteiger charge is 2.16. The van der Waals surface area contributed by atoms with Gasteiger partial charge in [-0.15, -0.1) is 0 Å². The van der Waals surface area contributed by atoms with E-state index in [1.807, 2.05) is 0 Å². The summed E-state index contributed by atoms with van der Waals surface area (Å²) >= 11 is 3.59. The fourth-order valence-corrected chi connectivity index (χ4v) is 3.24. The van der Waals surface area contributed by atoms with E-state index >= 15 is 0 Å². The molecule has 0 saturated heterocycles. The highest BCUT2D eigenvalue weighted by molar-refractivity contribution is 9.10. The van der Waals surface area contributed by atoms with Crippen LogP contribution < -0.4 is 5.73 Å². The molecule has 0 radical (unpaired) electrons. The van der Waals surface area contributed by atoms with Crippen molar-refractivity contribution in [1.82, 2.24) is 0 Å². The molecular formula is C15H22BrN. The summed E-state index contributed by atoms with van der Waals surface area (Å²) < 4.78 is 1.19. The molecule has 1 fully saturated rings. The van der Waals surface area contributed by atoms with Gasteiger partial charge in [-0.1, -0.05) is 59.8 Å². The van der Waals surface area contributed by atoms with E-state index in [-0.39, 0.29) is 0 Å². The first-order valence-corrected chi connectivity index (χ1v) is 7.54. The molecule has 1 atom stereocenters. The molecule has 1 nitrogen and oxygen atoms in total. The Labute approximate surface area is 113 Å². The Morgan fingerprint density at radius 1 is 1.24 bits per heavy atom. The van der Waals surface area contributed by atoms with Crippen LogP contribution in [-0.4, -0.2) is 6.04 Å². The van der Waals surface area contributed by atoms with Crippen molar-refractivity contribution in [3.63, 3.8) is 0 Å². The zero-order valence-electron chi connectivity index (χ0n) is 10.4. The Balaban J connectivity index is 1.76.